The molecule has 0 nitrogen and oxygen atoms in total. The fraction of sp³-hybridized carbons (Fsp3) is 0.952. The lowest BCUT2D eigenvalue weighted by atomic mass is 10.0. The molecule has 0 spiro atoms. The molecule has 0 unspecified atom stereocenters. The van der Waals surface area contributed by atoms with E-state index < -0.39 is 0 Å². The lowest BCUT2D eigenvalue weighted by Gasteiger charge is -2.15. The Bertz CT molecular complexity index is 1250. The molecule has 0 aromatic heterocycles. The standard InChI is InChI=1S/C84H166S5/c1-6-11-16-21-26-31-36-41-46-51-56-61-66-71-76-85-82(84(88-79-74-69-64-59-54-49-44-39-34-29-24-19-14-9-4)89-80-75-70-65-60-55-50-45-40-35-30-25-20-15-10-5)81-83(86-77-72-67-62-57-52-47-42-37-32-27-22-17-12-7-2)87-78-73-68-63-58-53-48-43-38-33-28-23-18-13-8-3/h81H,6-80H2,1-5H3. The van der Waals surface area contributed by atoms with Gasteiger partial charge in [0.2, 0.25) is 0 Å². The first kappa shape index (κ1) is 90.2. The summed E-state index contributed by atoms with van der Waals surface area (Å²) in [7, 11) is 0. The molecule has 0 rings (SSSR count). The van der Waals surface area contributed by atoms with Gasteiger partial charge in [0, 0.05) is 9.14 Å². The van der Waals surface area contributed by atoms with E-state index in [0.717, 1.165) is 0 Å². The third kappa shape index (κ3) is 76.5. The SMILES string of the molecule is CCCCCCCCCCCCCCCCSC(=CC(SCCCCCCCCCCCCCCCC)=C(SCCCCCCCCCCCCCCCC)SCCCCCCCCCCCCCCCC)SCCCCCCCCCCCCCCCC. The van der Waals surface area contributed by atoms with Crippen molar-refractivity contribution in [3.63, 3.8) is 0 Å². The number of hydrogen-bond acceptors (Lipinski definition) is 5. The molecule has 0 aromatic carbocycles. The van der Waals surface area contributed by atoms with Crippen molar-refractivity contribution in [1.82, 2.24) is 0 Å². The second kappa shape index (κ2) is 83.5. The van der Waals surface area contributed by atoms with Crippen LogP contribution in [0, 0.1) is 0 Å². The van der Waals surface area contributed by atoms with Crippen LogP contribution in [-0.2, 0) is 0 Å². The van der Waals surface area contributed by atoms with Gasteiger partial charge in [-0.25, -0.2) is 0 Å². The highest BCUT2D eigenvalue weighted by Gasteiger charge is 2.13. The fourth-order valence-electron chi connectivity index (χ4n) is 12.9. The van der Waals surface area contributed by atoms with E-state index in [2.05, 4.69) is 99.5 Å². The van der Waals surface area contributed by atoms with E-state index in [0.29, 0.717) is 0 Å². The van der Waals surface area contributed by atoms with Gasteiger partial charge in [0.15, 0.2) is 0 Å². The van der Waals surface area contributed by atoms with Crippen LogP contribution in [0.5, 0.6) is 0 Å². The van der Waals surface area contributed by atoms with Crippen LogP contribution in [0.1, 0.15) is 484 Å². The molecular weight excluding hydrogens is 1170 g/mol. The Morgan fingerprint density at radius 1 is 0.157 bits per heavy atom. The maximum atomic E-state index is 2.79. The summed E-state index contributed by atoms with van der Waals surface area (Å²) in [6.07, 6.45) is 104. The first-order valence-electron chi connectivity index (χ1n) is 41.8. The van der Waals surface area contributed by atoms with Gasteiger partial charge in [-0.1, -0.05) is 452 Å². The highest BCUT2D eigenvalue weighted by atomic mass is 32.2. The van der Waals surface area contributed by atoms with E-state index in [1.807, 2.05) is 0 Å². The molecule has 0 saturated heterocycles. The number of rotatable bonds is 81. The maximum absolute atomic E-state index is 2.79. The van der Waals surface area contributed by atoms with Crippen molar-refractivity contribution in [2.24, 2.45) is 0 Å². The predicted molar refractivity (Wildman–Crippen MR) is 429 cm³/mol. The van der Waals surface area contributed by atoms with E-state index in [-0.39, 0.29) is 0 Å². The van der Waals surface area contributed by atoms with Gasteiger partial charge < -0.3 is 0 Å². The van der Waals surface area contributed by atoms with E-state index in [9.17, 15) is 0 Å². The lowest BCUT2D eigenvalue weighted by molar-refractivity contribution is 0.538. The summed E-state index contributed by atoms with van der Waals surface area (Å²) < 4.78 is 3.36. The molecule has 0 radical (unpaired) electrons. The van der Waals surface area contributed by atoms with Crippen molar-refractivity contribution in [2.45, 2.75) is 484 Å². The first-order valence-corrected chi connectivity index (χ1v) is 46.8. The van der Waals surface area contributed by atoms with Crippen LogP contribution in [-0.4, -0.2) is 28.8 Å². The molecule has 0 bridgehead atoms. The van der Waals surface area contributed by atoms with Crippen molar-refractivity contribution < 1.29 is 0 Å². The van der Waals surface area contributed by atoms with Crippen LogP contribution in [0.4, 0.5) is 0 Å². The monoisotopic (exact) mass is 1340 g/mol. The Hall–Kier alpha value is 1.23. The normalized spacial score (nSPS) is 11.7. The molecule has 5 heteroatoms. The third-order valence-corrected chi connectivity index (χ3v) is 25.7. The highest BCUT2D eigenvalue weighted by molar-refractivity contribution is 8.23. The topological polar surface area (TPSA) is 0 Å². The molecule has 0 heterocycles. The van der Waals surface area contributed by atoms with Crippen molar-refractivity contribution in [3.8, 4) is 0 Å². The van der Waals surface area contributed by atoms with Crippen molar-refractivity contribution in [2.75, 3.05) is 28.8 Å². The van der Waals surface area contributed by atoms with E-state index >= 15 is 0 Å². The number of thioether (sulfide) groups is 5. The number of allylic oxidation sites excluding steroid dienone is 1. The van der Waals surface area contributed by atoms with Gasteiger partial charge in [0.05, 0.1) is 4.24 Å². The molecule has 0 aliphatic rings. The van der Waals surface area contributed by atoms with Gasteiger partial charge >= 0.3 is 0 Å². The maximum Gasteiger partial charge on any atom is 0.0538 e. The molecule has 0 aliphatic heterocycles. The van der Waals surface area contributed by atoms with Crippen LogP contribution in [0.25, 0.3) is 0 Å². The molecule has 89 heavy (non-hydrogen) atoms. The average Bonchev–Trinajstić information content (AvgIpc) is 3.57. The second-order valence-corrected chi connectivity index (χ2v) is 34.5. The van der Waals surface area contributed by atoms with Crippen LogP contribution in [0.15, 0.2) is 19.5 Å². The number of unbranched alkanes of at least 4 members (excludes halogenated alkanes) is 65. The summed E-state index contributed by atoms with van der Waals surface area (Å²) >= 11 is 11.4. The quantitative estimate of drug-likeness (QED) is 0.0438. The molecule has 0 aliphatic carbocycles. The Labute approximate surface area is 586 Å². The van der Waals surface area contributed by atoms with Crippen molar-refractivity contribution >= 4 is 58.8 Å². The first-order chi connectivity index (χ1) is 44.2. The van der Waals surface area contributed by atoms with E-state index in [1.165, 1.54) is 478 Å². The summed E-state index contributed by atoms with van der Waals surface area (Å²) in [6, 6.07) is 0. The van der Waals surface area contributed by atoms with Gasteiger partial charge in [0.25, 0.3) is 0 Å². The van der Waals surface area contributed by atoms with Gasteiger partial charge in [0.1, 0.15) is 0 Å². The Balaban J connectivity index is 5.99. The second-order valence-electron chi connectivity index (χ2n) is 28.3. The lowest BCUT2D eigenvalue weighted by Crippen LogP contribution is -1.92. The molecule has 0 aromatic rings. The van der Waals surface area contributed by atoms with Crippen LogP contribution < -0.4 is 0 Å². The summed E-state index contributed by atoms with van der Waals surface area (Å²) in [6.45, 7) is 11.7. The van der Waals surface area contributed by atoms with E-state index in [4.69, 9.17) is 0 Å². The highest BCUT2D eigenvalue weighted by Crippen LogP contribution is 2.42. The molecule has 0 N–H and O–H groups in total. The van der Waals surface area contributed by atoms with Crippen molar-refractivity contribution in [1.29, 1.82) is 0 Å². The van der Waals surface area contributed by atoms with Crippen LogP contribution in [0.2, 0.25) is 0 Å². The Morgan fingerprint density at radius 3 is 0.461 bits per heavy atom. The predicted octanol–water partition coefficient (Wildman–Crippen LogP) is 34.1. The fourth-order valence-corrected chi connectivity index (χ4v) is 19.3. The minimum atomic E-state index is 1.30. The zero-order chi connectivity index (χ0) is 64.0. The summed E-state index contributed by atoms with van der Waals surface area (Å²) in [5.74, 6) is 6.53. The van der Waals surface area contributed by atoms with Gasteiger partial charge in [-0.2, -0.15) is 0 Å². The molecular formula is C84H166S5. The van der Waals surface area contributed by atoms with Gasteiger partial charge in [-0.15, -0.1) is 58.8 Å². The largest absolute Gasteiger partial charge is 0.124 e. The van der Waals surface area contributed by atoms with Crippen LogP contribution >= 0.6 is 58.8 Å². The van der Waals surface area contributed by atoms with Crippen molar-refractivity contribution in [3.05, 3.63) is 19.5 Å². The smallest absolute Gasteiger partial charge is 0.0538 e. The summed E-state index contributed by atoms with van der Waals surface area (Å²) in [5.41, 5.74) is 0. The van der Waals surface area contributed by atoms with Gasteiger partial charge in [-0.3, -0.25) is 0 Å². The minimum Gasteiger partial charge on any atom is -0.124 e. The molecule has 0 amide bonds. The molecule has 0 fully saturated rings. The zero-order valence-corrected chi connectivity index (χ0v) is 66.2. The summed E-state index contributed by atoms with van der Waals surface area (Å²) in [4.78, 5) is 1.67. The zero-order valence-electron chi connectivity index (χ0n) is 62.2. The average molecular weight is 1340 g/mol. The summed E-state index contributed by atoms with van der Waals surface area (Å²) in [5, 5.41) is 0. The molecule has 0 saturated carbocycles. The Kier molecular flexibility index (Phi) is 84.6. The number of hydrogen-bond donors (Lipinski definition) is 0. The van der Waals surface area contributed by atoms with Crippen LogP contribution in [0.3, 0.4) is 0 Å². The minimum absolute atomic E-state index is 1.30. The Morgan fingerprint density at radius 2 is 0.292 bits per heavy atom. The van der Waals surface area contributed by atoms with Gasteiger partial charge in [-0.05, 0) is 66.9 Å². The molecule has 0 atom stereocenters. The molecule has 532 valence electrons. The third-order valence-electron chi connectivity index (χ3n) is 19.2. The van der Waals surface area contributed by atoms with E-state index in [1.54, 1.807) is 13.4 Å².